The fraction of sp³-hybridized carbons (Fsp3) is 0.333. The Kier molecular flexibility index (Phi) is 6.17. The van der Waals surface area contributed by atoms with Crippen molar-refractivity contribution in [2.24, 2.45) is 0 Å². The Labute approximate surface area is 157 Å². The van der Waals surface area contributed by atoms with Crippen LogP contribution in [0.15, 0.2) is 60.7 Å². The van der Waals surface area contributed by atoms with Crippen molar-refractivity contribution in [3.05, 3.63) is 60.7 Å². The van der Waals surface area contributed by atoms with E-state index in [9.17, 15) is 5.11 Å². The lowest BCUT2D eigenvalue weighted by Gasteiger charge is -2.25. The molecule has 3 rings (SSSR count). The van der Waals surface area contributed by atoms with Gasteiger partial charge in [0, 0.05) is 18.8 Å². The summed E-state index contributed by atoms with van der Waals surface area (Å²) in [6, 6.07) is 20.7. The van der Waals surface area contributed by atoms with Crippen molar-refractivity contribution in [1.29, 1.82) is 0 Å². The van der Waals surface area contributed by atoms with Gasteiger partial charge in [0.2, 0.25) is 0 Å². The van der Waals surface area contributed by atoms with Crippen LogP contribution in [0, 0.1) is 0 Å². The highest BCUT2D eigenvalue weighted by atomic mass is 16.3. The standard InChI is InChI=1S/C24H29NO/c1-3-5-15-25(16-6-4-2)21-13-11-19(12-14-21)24-18-22(26)17-20-9-7-8-10-23(20)24/h7-14,17-18,26H,3-6,15-16H2,1-2H3. The number of hydrogen-bond acceptors (Lipinski definition) is 2. The fourth-order valence-corrected chi connectivity index (χ4v) is 3.45. The van der Waals surface area contributed by atoms with Gasteiger partial charge in [0.05, 0.1) is 0 Å². The number of phenolic OH excluding ortho intramolecular Hbond substituents is 1. The minimum atomic E-state index is 0.315. The maximum atomic E-state index is 10.1. The summed E-state index contributed by atoms with van der Waals surface area (Å²) < 4.78 is 0. The molecule has 0 amide bonds. The second-order valence-electron chi connectivity index (χ2n) is 6.96. The Morgan fingerprint density at radius 2 is 1.46 bits per heavy atom. The molecular formula is C24H29NO. The third-order valence-electron chi connectivity index (χ3n) is 4.95. The van der Waals surface area contributed by atoms with Crippen molar-refractivity contribution in [1.82, 2.24) is 0 Å². The average Bonchev–Trinajstić information content (AvgIpc) is 2.68. The molecule has 2 nitrogen and oxygen atoms in total. The molecule has 0 saturated carbocycles. The summed E-state index contributed by atoms with van der Waals surface area (Å²) in [6.07, 6.45) is 4.89. The van der Waals surface area contributed by atoms with Crippen molar-refractivity contribution >= 4 is 16.5 Å². The maximum absolute atomic E-state index is 10.1. The smallest absolute Gasteiger partial charge is 0.116 e. The number of anilines is 1. The first-order chi connectivity index (χ1) is 12.7. The van der Waals surface area contributed by atoms with Crippen LogP contribution in [-0.2, 0) is 0 Å². The summed E-state index contributed by atoms with van der Waals surface area (Å²) in [4.78, 5) is 2.50. The van der Waals surface area contributed by atoms with Crippen LogP contribution in [-0.4, -0.2) is 18.2 Å². The number of nitrogens with zero attached hydrogens (tertiary/aromatic N) is 1. The fourth-order valence-electron chi connectivity index (χ4n) is 3.45. The van der Waals surface area contributed by atoms with E-state index in [2.05, 4.69) is 55.1 Å². The Hall–Kier alpha value is -2.48. The molecule has 0 saturated heterocycles. The van der Waals surface area contributed by atoms with E-state index in [0.717, 1.165) is 29.6 Å². The second-order valence-corrected chi connectivity index (χ2v) is 6.96. The predicted molar refractivity (Wildman–Crippen MR) is 113 cm³/mol. The van der Waals surface area contributed by atoms with Gasteiger partial charge in [0.25, 0.3) is 0 Å². The van der Waals surface area contributed by atoms with Crippen LogP contribution in [0.2, 0.25) is 0 Å². The molecule has 136 valence electrons. The van der Waals surface area contributed by atoms with Gasteiger partial charge in [-0.1, -0.05) is 63.1 Å². The van der Waals surface area contributed by atoms with Gasteiger partial charge < -0.3 is 10.0 Å². The predicted octanol–water partition coefficient (Wildman–Crippen LogP) is 6.62. The Morgan fingerprint density at radius 3 is 2.12 bits per heavy atom. The quantitative estimate of drug-likeness (QED) is 0.495. The summed E-state index contributed by atoms with van der Waals surface area (Å²) >= 11 is 0. The zero-order valence-corrected chi connectivity index (χ0v) is 15.9. The minimum absolute atomic E-state index is 0.315. The van der Waals surface area contributed by atoms with E-state index in [1.807, 2.05) is 24.3 Å². The maximum Gasteiger partial charge on any atom is 0.116 e. The average molecular weight is 348 g/mol. The molecule has 0 heterocycles. The van der Waals surface area contributed by atoms with Gasteiger partial charge in [0.15, 0.2) is 0 Å². The first-order valence-electron chi connectivity index (χ1n) is 9.80. The molecule has 1 N–H and O–H groups in total. The Bertz CT molecular complexity index is 830. The van der Waals surface area contributed by atoms with Crippen LogP contribution in [0.4, 0.5) is 5.69 Å². The third-order valence-corrected chi connectivity index (χ3v) is 4.95. The lowest BCUT2D eigenvalue weighted by atomic mass is 9.97. The normalized spacial score (nSPS) is 11.0. The van der Waals surface area contributed by atoms with Crippen molar-refractivity contribution in [2.45, 2.75) is 39.5 Å². The number of benzene rings is 3. The highest BCUT2D eigenvalue weighted by Crippen LogP contribution is 2.33. The number of rotatable bonds is 8. The number of phenols is 1. The molecule has 0 spiro atoms. The number of aromatic hydroxyl groups is 1. The van der Waals surface area contributed by atoms with Gasteiger partial charge in [-0.25, -0.2) is 0 Å². The lowest BCUT2D eigenvalue weighted by Crippen LogP contribution is -2.25. The van der Waals surface area contributed by atoms with Gasteiger partial charge in [-0.15, -0.1) is 0 Å². The van der Waals surface area contributed by atoms with Crippen LogP contribution in [0.3, 0.4) is 0 Å². The molecular weight excluding hydrogens is 318 g/mol. The van der Waals surface area contributed by atoms with E-state index < -0.39 is 0 Å². The van der Waals surface area contributed by atoms with Crippen LogP contribution in [0.5, 0.6) is 5.75 Å². The van der Waals surface area contributed by atoms with E-state index in [0.29, 0.717) is 5.75 Å². The molecule has 2 heteroatoms. The van der Waals surface area contributed by atoms with E-state index in [4.69, 9.17) is 0 Å². The molecule has 0 aliphatic heterocycles. The first-order valence-corrected chi connectivity index (χ1v) is 9.80. The van der Waals surface area contributed by atoms with Gasteiger partial charge in [-0.05, 0) is 59.0 Å². The molecule has 0 aliphatic rings. The Morgan fingerprint density at radius 1 is 0.808 bits per heavy atom. The van der Waals surface area contributed by atoms with Gasteiger partial charge in [-0.3, -0.25) is 0 Å². The van der Waals surface area contributed by atoms with Crippen molar-refractivity contribution < 1.29 is 5.11 Å². The summed E-state index contributed by atoms with van der Waals surface area (Å²) in [5.41, 5.74) is 3.52. The van der Waals surface area contributed by atoms with Gasteiger partial charge >= 0.3 is 0 Å². The number of hydrogen-bond donors (Lipinski definition) is 1. The summed E-state index contributed by atoms with van der Waals surface area (Å²) in [5.74, 6) is 0.315. The highest BCUT2D eigenvalue weighted by molar-refractivity contribution is 5.98. The molecule has 0 atom stereocenters. The lowest BCUT2D eigenvalue weighted by molar-refractivity contribution is 0.476. The molecule has 0 bridgehead atoms. The van der Waals surface area contributed by atoms with Crippen molar-refractivity contribution in [2.75, 3.05) is 18.0 Å². The molecule has 3 aromatic rings. The highest BCUT2D eigenvalue weighted by Gasteiger charge is 2.09. The Balaban J connectivity index is 1.91. The summed E-state index contributed by atoms with van der Waals surface area (Å²) in [5, 5.41) is 12.3. The molecule has 26 heavy (non-hydrogen) atoms. The van der Waals surface area contributed by atoms with E-state index in [1.165, 1.54) is 36.8 Å². The van der Waals surface area contributed by atoms with E-state index in [-0.39, 0.29) is 0 Å². The minimum Gasteiger partial charge on any atom is -0.508 e. The summed E-state index contributed by atoms with van der Waals surface area (Å²) in [7, 11) is 0. The second kappa shape index (κ2) is 8.75. The molecule has 0 aliphatic carbocycles. The number of unbranched alkanes of at least 4 members (excludes halogenated alkanes) is 2. The zero-order valence-electron chi connectivity index (χ0n) is 15.9. The van der Waals surface area contributed by atoms with E-state index >= 15 is 0 Å². The van der Waals surface area contributed by atoms with Crippen LogP contribution in [0.25, 0.3) is 21.9 Å². The van der Waals surface area contributed by atoms with E-state index in [1.54, 1.807) is 0 Å². The zero-order chi connectivity index (χ0) is 18.4. The van der Waals surface area contributed by atoms with Crippen LogP contribution >= 0.6 is 0 Å². The van der Waals surface area contributed by atoms with Gasteiger partial charge in [0.1, 0.15) is 5.75 Å². The van der Waals surface area contributed by atoms with Crippen LogP contribution < -0.4 is 4.90 Å². The molecule has 0 radical (unpaired) electrons. The SMILES string of the molecule is CCCCN(CCCC)c1ccc(-c2cc(O)cc3ccccc23)cc1. The monoisotopic (exact) mass is 347 g/mol. The number of fused-ring (bicyclic) bond motifs is 1. The first kappa shape index (κ1) is 18.3. The van der Waals surface area contributed by atoms with Gasteiger partial charge in [-0.2, -0.15) is 0 Å². The molecule has 0 aromatic heterocycles. The molecule has 3 aromatic carbocycles. The largest absolute Gasteiger partial charge is 0.508 e. The van der Waals surface area contributed by atoms with Crippen molar-refractivity contribution in [3.8, 4) is 16.9 Å². The molecule has 0 fully saturated rings. The third kappa shape index (κ3) is 4.19. The van der Waals surface area contributed by atoms with Crippen LogP contribution in [0.1, 0.15) is 39.5 Å². The van der Waals surface area contributed by atoms with Crippen molar-refractivity contribution in [3.63, 3.8) is 0 Å². The summed E-state index contributed by atoms with van der Waals surface area (Å²) in [6.45, 7) is 6.72. The molecule has 0 unspecified atom stereocenters. The topological polar surface area (TPSA) is 23.5 Å².